The van der Waals surface area contributed by atoms with E-state index in [4.69, 9.17) is 4.74 Å². The molecule has 1 N–H and O–H groups in total. The Kier molecular flexibility index (Phi) is 7.35. The summed E-state index contributed by atoms with van der Waals surface area (Å²) in [6.45, 7) is 4.57. The van der Waals surface area contributed by atoms with Crippen LogP contribution in [0.15, 0.2) is 24.3 Å². The minimum absolute atomic E-state index is 0.175. The van der Waals surface area contributed by atoms with Gasteiger partial charge in [-0.15, -0.1) is 0 Å². The second-order valence-corrected chi connectivity index (χ2v) is 8.14. The van der Waals surface area contributed by atoms with Crippen molar-refractivity contribution in [2.75, 3.05) is 26.2 Å². The average molecular weight is 387 g/mol. The Labute approximate surface area is 168 Å². The number of piperidine rings is 1. The first kappa shape index (κ1) is 20.7. The number of para-hydroxylation sites is 1. The monoisotopic (exact) mass is 386 g/mol. The number of carbonyl (C=O) groups is 2. The van der Waals surface area contributed by atoms with E-state index in [1.54, 1.807) is 0 Å². The van der Waals surface area contributed by atoms with Crippen LogP contribution in [0.1, 0.15) is 63.9 Å². The molecule has 0 aliphatic carbocycles. The summed E-state index contributed by atoms with van der Waals surface area (Å²) in [6.07, 6.45) is 8.13. The lowest BCUT2D eigenvalue weighted by atomic mass is 9.73. The molecule has 0 unspecified atom stereocenters. The van der Waals surface area contributed by atoms with E-state index in [0.717, 1.165) is 57.1 Å². The Morgan fingerprint density at radius 3 is 2.68 bits per heavy atom. The lowest BCUT2D eigenvalue weighted by Gasteiger charge is -2.41. The lowest BCUT2D eigenvalue weighted by molar-refractivity contribution is -0.141. The van der Waals surface area contributed by atoms with E-state index in [9.17, 15) is 9.59 Å². The minimum Gasteiger partial charge on any atom is -0.493 e. The van der Waals surface area contributed by atoms with Crippen molar-refractivity contribution in [1.29, 1.82) is 0 Å². The maximum Gasteiger partial charge on any atom is 0.226 e. The summed E-state index contributed by atoms with van der Waals surface area (Å²) in [7, 11) is 0. The standard InChI is InChI=1S/C23H34N2O3/c1-2-21(26)25-16-13-23(14-17-25)12-7-3-4-9-19-10-5-6-11-20(19)28-18-8-15-24-22(23)27/h5-6,10-11H,2-4,7-9,12-18H2,1H3,(H,24,27). The number of carbonyl (C=O) groups excluding carboxylic acids is 2. The molecule has 0 radical (unpaired) electrons. The third-order valence-corrected chi connectivity index (χ3v) is 6.30. The molecule has 5 heteroatoms. The van der Waals surface area contributed by atoms with Gasteiger partial charge in [0.25, 0.3) is 0 Å². The highest BCUT2D eigenvalue weighted by molar-refractivity contribution is 5.83. The van der Waals surface area contributed by atoms with Crippen molar-refractivity contribution in [1.82, 2.24) is 10.2 Å². The van der Waals surface area contributed by atoms with Crippen LogP contribution >= 0.6 is 0 Å². The topological polar surface area (TPSA) is 58.6 Å². The Morgan fingerprint density at radius 2 is 1.89 bits per heavy atom. The van der Waals surface area contributed by atoms with Gasteiger partial charge in [-0.1, -0.05) is 38.0 Å². The van der Waals surface area contributed by atoms with Gasteiger partial charge in [-0.05, 0) is 50.2 Å². The fourth-order valence-electron chi connectivity index (χ4n) is 4.45. The van der Waals surface area contributed by atoms with Crippen LogP contribution in [-0.4, -0.2) is 43.0 Å². The highest BCUT2D eigenvalue weighted by Gasteiger charge is 2.41. The molecule has 2 aliphatic rings. The van der Waals surface area contributed by atoms with Crippen LogP contribution in [0.2, 0.25) is 0 Å². The molecule has 3 rings (SSSR count). The summed E-state index contributed by atoms with van der Waals surface area (Å²) in [5, 5.41) is 3.16. The molecule has 1 aromatic carbocycles. The first-order chi connectivity index (χ1) is 13.6. The number of nitrogens with one attached hydrogen (secondary N) is 1. The molecule has 1 fully saturated rings. The van der Waals surface area contributed by atoms with E-state index in [1.165, 1.54) is 5.56 Å². The molecular formula is C23H34N2O3. The van der Waals surface area contributed by atoms with Crippen LogP contribution in [0.4, 0.5) is 0 Å². The molecule has 1 saturated heterocycles. The fourth-order valence-corrected chi connectivity index (χ4v) is 4.45. The number of fused-ring (bicyclic) bond motifs is 1. The number of ether oxygens (including phenoxy) is 1. The highest BCUT2D eigenvalue weighted by atomic mass is 16.5. The van der Waals surface area contributed by atoms with Gasteiger partial charge in [0.05, 0.1) is 12.0 Å². The summed E-state index contributed by atoms with van der Waals surface area (Å²) in [6, 6.07) is 8.29. The van der Waals surface area contributed by atoms with Gasteiger partial charge in [0, 0.05) is 26.1 Å². The van der Waals surface area contributed by atoms with E-state index in [1.807, 2.05) is 24.0 Å². The molecule has 0 bridgehead atoms. The van der Waals surface area contributed by atoms with Crippen molar-refractivity contribution < 1.29 is 14.3 Å². The number of aryl methyl sites for hydroxylation is 1. The Morgan fingerprint density at radius 1 is 1.11 bits per heavy atom. The summed E-state index contributed by atoms with van der Waals surface area (Å²) in [4.78, 5) is 27.0. The molecule has 0 saturated carbocycles. The molecule has 1 aromatic rings. The van der Waals surface area contributed by atoms with Crippen molar-refractivity contribution in [2.24, 2.45) is 5.41 Å². The van der Waals surface area contributed by atoms with Gasteiger partial charge >= 0.3 is 0 Å². The van der Waals surface area contributed by atoms with Gasteiger partial charge in [-0.2, -0.15) is 0 Å². The van der Waals surface area contributed by atoms with Gasteiger partial charge in [-0.25, -0.2) is 0 Å². The molecule has 154 valence electrons. The predicted octanol–water partition coefficient (Wildman–Crippen LogP) is 3.71. The van der Waals surface area contributed by atoms with Crippen molar-refractivity contribution in [3.63, 3.8) is 0 Å². The summed E-state index contributed by atoms with van der Waals surface area (Å²) >= 11 is 0. The molecule has 2 amide bonds. The van der Waals surface area contributed by atoms with Crippen LogP contribution in [0, 0.1) is 5.41 Å². The summed E-state index contributed by atoms with van der Waals surface area (Å²) in [5.74, 6) is 1.36. The minimum atomic E-state index is -0.312. The van der Waals surface area contributed by atoms with E-state index in [2.05, 4.69) is 17.4 Å². The zero-order valence-corrected chi connectivity index (χ0v) is 17.2. The number of rotatable bonds is 1. The predicted molar refractivity (Wildman–Crippen MR) is 110 cm³/mol. The van der Waals surface area contributed by atoms with Crippen molar-refractivity contribution in [2.45, 2.75) is 64.7 Å². The number of hydrogen-bond acceptors (Lipinski definition) is 3. The van der Waals surface area contributed by atoms with Crippen molar-refractivity contribution in [3.05, 3.63) is 29.8 Å². The van der Waals surface area contributed by atoms with Gasteiger partial charge in [-0.3, -0.25) is 9.59 Å². The Bertz CT molecular complexity index is 666. The van der Waals surface area contributed by atoms with Crippen LogP contribution in [0.25, 0.3) is 0 Å². The van der Waals surface area contributed by atoms with Gasteiger partial charge in [0.1, 0.15) is 5.75 Å². The number of nitrogens with zero attached hydrogens (tertiary/aromatic N) is 1. The van der Waals surface area contributed by atoms with Crippen LogP contribution in [0.5, 0.6) is 5.75 Å². The average Bonchev–Trinajstić information content (AvgIpc) is 2.73. The molecule has 0 atom stereocenters. The van der Waals surface area contributed by atoms with E-state index in [0.29, 0.717) is 32.7 Å². The maximum absolute atomic E-state index is 13.1. The number of likely N-dealkylation sites (tertiary alicyclic amines) is 1. The molecule has 2 aliphatic heterocycles. The Hall–Kier alpha value is -2.04. The van der Waals surface area contributed by atoms with Gasteiger partial charge in [0.2, 0.25) is 11.8 Å². The van der Waals surface area contributed by atoms with Gasteiger partial charge in [0.15, 0.2) is 0 Å². The Balaban J connectivity index is 1.64. The molecule has 28 heavy (non-hydrogen) atoms. The fraction of sp³-hybridized carbons (Fsp3) is 0.652. The second-order valence-electron chi connectivity index (χ2n) is 8.14. The second kappa shape index (κ2) is 9.94. The van der Waals surface area contributed by atoms with Crippen molar-refractivity contribution in [3.8, 4) is 5.75 Å². The normalized spacial score (nSPS) is 21.2. The van der Waals surface area contributed by atoms with Crippen molar-refractivity contribution >= 4 is 11.8 Å². The van der Waals surface area contributed by atoms with Crippen LogP contribution in [-0.2, 0) is 16.0 Å². The third kappa shape index (κ3) is 5.06. The first-order valence-corrected chi connectivity index (χ1v) is 10.9. The number of hydrogen-bond donors (Lipinski definition) is 1. The summed E-state index contributed by atoms with van der Waals surface area (Å²) in [5.41, 5.74) is 0.970. The largest absolute Gasteiger partial charge is 0.493 e. The molecule has 2 heterocycles. The maximum atomic E-state index is 13.1. The van der Waals surface area contributed by atoms with E-state index < -0.39 is 0 Å². The van der Waals surface area contributed by atoms with E-state index in [-0.39, 0.29) is 17.2 Å². The zero-order chi connectivity index (χ0) is 19.8. The van der Waals surface area contributed by atoms with Gasteiger partial charge < -0.3 is 15.0 Å². The zero-order valence-electron chi connectivity index (χ0n) is 17.2. The molecule has 5 nitrogen and oxygen atoms in total. The van der Waals surface area contributed by atoms with Crippen LogP contribution in [0.3, 0.4) is 0 Å². The van der Waals surface area contributed by atoms with E-state index >= 15 is 0 Å². The summed E-state index contributed by atoms with van der Waals surface area (Å²) < 4.78 is 5.96. The SMILES string of the molecule is CCC(=O)N1CCC2(CCCCCc3ccccc3OCCCNC2=O)CC1. The number of benzene rings is 1. The number of amides is 2. The lowest BCUT2D eigenvalue weighted by Crippen LogP contribution is -2.50. The van der Waals surface area contributed by atoms with Crippen LogP contribution < -0.4 is 10.1 Å². The molecular weight excluding hydrogens is 352 g/mol. The third-order valence-electron chi connectivity index (χ3n) is 6.30. The molecule has 0 aromatic heterocycles. The highest BCUT2D eigenvalue weighted by Crippen LogP contribution is 2.37. The first-order valence-electron chi connectivity index (χ1n) is 10.9. The quantitative estimate of drug-likeness (QED) is 0.800. The smallest absolute Gasteiger partial charge is 0.226 e. The molecule has 1 spiro atoms.